The predicted octanol–water partition coefficient (Wildman–Crippen LogP) is 6.33. The summed E-state index contributed by atoms with van der Waals surface area (Å²) in [7, 11) is 0. The van der Waals surface area contributed by atoms with Crippen molar-refractivity contribution >= 4 is 18.2 Å². The zero-order chi connectivity index (χ0) is 29.2. The van der Waals surface area contributed by atoms with Crippen molar-refractivity contribution in [2.75, 3.05) is 13.2 Å². The van der Waals surface area contributed by atoms with E-state index in [1.54, 1.807) is 20.8 Å². The molecule has 1 aliphatic rings. The van der Waals surface area contributed by atoms with E-state index < -0.39 is 29.8 Å². The molecule has 216 valence electrons. The molecular weight excluding hydrogens is 520 g/mol. The van der Waals surface area contributed by atoms with E-state index >= 15 is 0 Å². The minimum absolute atomic E-state index is 0.0874. The number of hydrogen-bond donors (Lipinski definition) is 2. The van der Waals surface area contributed by atoms with E-state index in [9.17, 15) is 14.4 Å². The minimum Gasteiger partial charge on any atom is -0.459 e. The van der Waals surface area contributed by atoms with Gasteiger partial charge >= 0.3 is 18.2 Å². The SMILES string of the molecule is CC(C)(C)OC(=O)NCCCCC(NC(=O)OCC1c2ccccc2-c2ccccc21)C(=O)OCc1ccccc1. The number of nitrogens with one attached hydrogen (secondary N) is 2. The molecule has 1 atom stereocenters. The first kappa shape index (κ1) is 29.6. The molecule has 0 spiro atoms. The van der Waals surface area contributed by atoms with Gasteiger partial charge in [-0.25, -0.2) is 14.4 Å². The number of unbranched alkanes of at least 4 members (excludes halogenated alkanes) is 1. The number of carbonyl (C=O) groups is 3. The van der Waals surface area contributed by atoms with Gasteiger partial charge in [0.2, 0.25) is 0 Å². The van der Waals surface area contributed by atoms with Crippen molar-refractivity contribution in [1.82, 2.24) is 10.6 Å². The minimum atomic E-state index is -0.893. The fourth-order valence-electron chi connectivity index (χ4n) is 4.84. The average molecular weight is 559 g/mol. The van der Waals surface area contributed by atoms with Gasteiger partial charge in [0.05, 0.1) is 0 Å². The van der Waals surface area contributed by atoms with Gasteiger partial charge in [-0.05, 0) is 67.9 Å². The monoisotopic (exact) mass is 558 g/mol. The number of rotatable bonds is 11. The van der Waals surface area contributed by atoms with Crippen LogP contribution in [0.4, 0.5) is 9.59 Å². The van der Waals surface area contributed by atoms with Gasteiger partial charge in [-0.2, -0.15) is 0 Å². The Labute approximate surface area is 241 Å². The number of carbonyl (C=O) groups excluding carboxylic acids is 3. The fourth-order valence-corrected chi connectivity index (χ4v) is 4.84. The molecule has 0 aromatic heterocycles. The molecule has 2 amide bonds. The average Bonchev–Trinajstić information content (AvgIpc) is 3.27. The smallest absolute Gasteiger partial charge is 0.407 e. The topological polar surface area (TPSA) is 103 Å². The summed E-state index contributed by atoms with van der Waals surface area (Å²) >= 11 is 0. The van der Waals surface area contributed by atoms with E-state index in [2.05, 4.69) is 34.9 Å². The molecule has 41 heavy (non-hydrogen) atoms. The predicted molar refractivity (Wildman–Crippen MR) is 156 cm³/mol. The van der Waals surface area contributed by atoms with Gasteiger partial charge in [0.15, 0.2) is 0 Å². The lowest BCUT2D eigenvalue weighted by Crippen LogP contribution is -2.42. The number of benzene rings is 3. The molecule has 0 aliphatic heterocycles. The highest BCUT2D eigenvalue weighted by molar-refractivity contribution is 5.82. The van der Waals surface area contributed by atoms with Crippen LogP contribution in [0.5, 0.6) is 0 Å². The van der Waals surface area contributed by atoms with Gasteiger partial charge in [-0.15, -0.1) is 0 Å². The van der Waals surface area contributed by atoms with Gasteiger partial charge in [0.1, 0.15) is 24.9 Å². The lowest BCUT2D eigenvalue weighted by atomic mass is 9.98. The number of alkyl carbamates (subject to hydrolysis) is 2. The van der Waals surface area contributed by atoms with Gasteiger partial charge < -0.3 is 24.8 Å². The molecule has 0 bridgehead atoms. The first-order valence-corrected chi connectivity index (χ1v) is 14.0. The summed E-state index contributed by atoms with van der Waals surface area (Å²) in [5.41, 5.74) is 4.77. The maximum atomic E-state index is 13.0. The molecule has 0 saturated heterocycles. The number of amides is 2. The van der Waals surface area contributed by atoms with E-state index in [1.807, 2.05) is 54.6 Å². The van der Waals surface area contributed by atoms with Crippen LogP contribution in [0, 0.1) is 0 Å². The van der Waals surface area contributed by atoms with Crippen LogP contribution in [-0.4, -0.2) is 43.0 Å². The van der Waals surface area contributed by atoms with Crippen molar-refractivity contribution in [2.24, 2.45) is 0 Å². The van der Waals surface area contributed by atoms with E-state index in [0.29, 0.717) is 25.8 Å². The van der Waals surface area contributed by atoms with Crippen molar-refractivity contribution < 1.29 is 28.6 Å². The van der Waals surface area contributed by atoms with Crippen LogP contribution in [0.25, 0.3) is 11.1 Å². The van der Waals surface area contributed by atoms with Crippen LogP contribution < -0.4 is 10.6 Å². The van der Waals surface area contributed by atoms with Gasteiger partial charge in [-0.1, -0.05) is 78.9 Å². The fraction of sp³-hybridized carbons (Fsp3) is 0.364. The third-order valence-electron chi connectivity index (χ3n) is 6.73. The second-order valence-electron chi connectivity index (χ2n) is 11.0. The highest BCUT2D eigenvalue weighted by atomic mass is 16.6. The first-order chi connectivity index (χ1) is 19.7. The zero-order valence-electron chi connectivity index (χ0n) is 23.9. The largest absolute Gasteiger partial charge is 0.459 e. The number of fused-ring (bicyclic) bond motifs is 3. The molecule has 1 aliphatic carbocycles. The van der Waals surface area contributed by atoms with Crippen LogP contribution >= 0.6 is 0 Å². The number of ether oxygens (including phenoxy) is 3. The molecule has 0 heterocycles. The molecule has 3 aromatic carbocycles. The highest BCUT2D eigenvalue weighted by Gasteiger charge is 2.30. The van der Waals surface area contributed by atoms with E-state index in [-0.39, 0.29) is 19.1 Å². The van der Waals surface area contributed by atoms with Crippen LogP contribution in [-0.2, 0) is 25.6 Å². The van der Waals surface area contributed by atoms with Crippen molar-refractivity contribution in [3.05, 3.63) is 95.6 Å². The Kier molecular flexibility index (Phi) is 10.0. The van der Waals surface area contributed by atoms with E-state index in [4.69, 9.17) is 14.2 Å². The second-order valence-corrected chi connectivity index (χ2v) is 11.0. The van der Waals surface area contributed by atoms with Crippen LogP contribution in [0.15, 0.2) is 78.9 Å². The summed E-state index contributed by atoms with van der Waals surface area (Å²) in [5, 5.41) is 5.42. The summed E-state index contributed by atoms with van der Waals surface area (Å²) in [4.78, 5) is 37.8. The third-order valence-corrected chi connectivity index (χ3v) is 6.73. The lowest BCUT2D eigenvalue weighted by molar-refractivity contribution is -0.147. The summed E-state index contributed by atoms with van der Waals surface area (Å²) in [6, 6.07) is 24.7. The highest BCUT2D eigenvalue weighted by Crippen LogP contribution is 2.44. The molecule has 4 rings (SSSR count). The number of hydrogen-bond acceptors (Lipinski definition) is 6. The molecule has 0 radical (unpaired) electrons. The third kappa shape index (κ3) is 8.58. The van der Waals surface area contributed by atoms with Crippen LogP contribution in [0.1, 0.15) is 62.6 Å². The van der Waals surface area contributed by atoms with Gasteiger partial charge in [0, 0.05) is 12.5 Å². The molecule has 8 heteroatoms. The zero-order valence-corrected chi connectivity index (χ0v) is 23.9. The molecule has 3 aromatic rings. The Balaban J connectivity index is 1.32. The number of esters is 1. The Morgan fingerprint density at radius 2 is 1.39 bits per heavy atom. The lowest BCUT2D eigenvalue weighted by Gasteiger charge is -2.20. The van der Waals surface area contributed by atoms with Crippen LogP contribution in [0.3, 0.4) is 0 Å². The van der Waals surface area contributed by atoms with Gasteiger partial charge in [-0.3, -0.25) is 0 Å². The molecule has 2 N–H and O–H groups in total. The van der Waals surface area contributed by atoms with Crippen molar-refractivity contribution in [3.63, 3.8) is 0 Å². The van der Waals surface area contributed by atoms with E-state index in [0.717, 1.165) is 27.8 Å². The maximum Gasteiger partial charge on any atom is 0.407 e. The Morgan fingerprint density at radius 3 is 2.02 bits per heavy atom. The van der Waals surface area contributed by atoms with Crippen molar-refractivity contribution in [2.45, 2.75) is 64.2 Å². The molecule has 8 nitrogen and oxygen atoms in total. The molecule has 1 unspecified atom stereocenters. The normalized spacial score (nSPS) is 13.0. The Bertz CT molecular complexity index is 1290. The molecular formula is C33H38N2O6. The summed E-state index contributed by atoms with van der Waals surface area (Å²) in [5.74, 6) is -0.627. The van der Waals surface area contributed by atoms with E-state index in [1.165, 1.54) is 0 Å². The summed E-state index contributed by atoms with van der Waals surface area (Å²) in [6.07, 6.45) is 0.306. The molecule has 0 saturated carbocycles. The Morgan fingerprint density at radius 1 is 0.780 bits per heavy atom. The standard InChI is InChI=1S/C33H38N2O6/c1-33(2,3)41-31(37)34-20-12-11-19-29(30(36)39-21-23-13-5-4-6-14-23)35-32(38)40-22-28-26-17-9-7-15-24(26)25-16-8-10-18-27(25)28/h4-10,13-18,28-29H,11-12,19-22H2,1-3H3,(H,34,37)(H,35,38). The second kappa shape index (κ2) is 13.8. The van der Waals surface area contributed by atoms with Crippen molar-refractivity contribution in [3.8, 4) is 11.1 Å². The quantitative estimate of drug-likeness (QED) is 0.162. The maximum absolute atomic E-state index is 13.0. The van der Waals surface area contributed by atoms with Crippen molar-refractivity contribution in [1.29, 1.82) is 0 Å². The Hall–Kier alpha value is -4.33. The molecule has 0 fully saturated rings. The summed E-state index contributed by atoms with van der Waals surface area (Å²) in [6.45, 7) is 6.02. The summed E-state index contributed by atoms with van der Waals surface area (Å²) < 4.78 is 16.4. The van der Waals surface area contributed by atoms with Gasteiger partial charge in [0.25, 0.3) is 0 Å². The first-order valence-electron chi connectivity index (χ1n) is 14.0. The van der Waals surface area contributed by atoms with Crippen LogP contribution in [0.2, 0.25) is 0 Å².